The fraction of sp³-hybridized carbons (Fsp3) is 0.455. The van der Waals surface area contributed by atoms with Crippen molar-refractivity contribution in [3.63, 3.8) is 0 Å². The first-order valence-electron chi connectivity index (χ1n) is 4.96. The molecular formula is C11H16BrClN2. The number of nitrogens with two attached hydrogens (primary N) is 1. The van der Waals surface area contributed by atoms with Gasteiger partial charge >= 0.3 is 0 Å². The average Bonchev–Trinajstić information content (AvgIpc) is 2.19. The zero-order valence-corrected chi connectivity index (χ0v) is 11.3. The monoisotopic (exact) mass is 290 g/mol. The van der Waals surface area contributed by atoms with Crippen molar-refractivity contribution in [2.24, 2.45) is 11.7 Å². The third kappa shape index (κ3) is 3.67. The summed E-state index contributed by atoms with van der Waals surface area (Å²) in [5, 5.41) is 4.07. The molecule has 1 aromatic carbocycles. The van der Waals surface area contributed by atoms with Crippen molar-refractivity contribution in [2.45, 2.75) is 19.9 Å². The lowest BCUT2D eigenvalue weighted by Gasteiger charge is -2.21. The average molecular weight is 292 g/mol. The maximum Gasteiger partial charge on any atom is 0.0568 e. The van der Waals surface area contributed by atoms with E-state index in [0.717, 1.165) is 10.2 Å². The van der Waals surface area contributed by atoms with Gasteiger partial charge in [0.15, 0.2) is 0 Å². The van der Waals surface area contributed by atoms with Crippen LogP contribution in [0.4, 0.5) is 5.69 Å². The summed E-state index contributed by atoms with van der Waals surface area (Å²) in [5.41, 5.74) is 6.69. The second-order valence-electron chi connectivity index (χ2n) is 3.86. The van der Waals surface area contributed by atoms with E-state index in [4.69, 9.17) is 17.3 Å². The standard InChI is InChI=1S/C11H16BrClN2/c1-7(2)11(6-14)15-8-3-4-9(12)10(13)5-8/h3-5,7,11,15H,6,14H2,1-2H3. The number of hydrogen-bond donors (Lipinski definition) is 2. The molecule has 1 rings (SSSR count). The van der Waals surface area contributed by atoms with Gasteiger partial charge in [-0.15, -0.1) is 0 Å². The van der Waals surface area contributed by atoms with Crippen molar-refractivity contribution >= 4 is 33.2 Å². The molecule has 0 saturated carbocycles. The van der Waals surface area contributed by atoms with E-state index in [1.54, 1.807) is 0 Å². The van der Waals surface area contributed by atoms with Crippen LogP contribution in [0.25, 0.3) is 0 Å². The van der Waals surface area contributed by atoms with E-state index in [-0.39, 0.29) is 6.04 Å². The minimum Gasteiger partial charge on any atom is -0.381 e. The molecule has 0 aliphatic heterocycles. The molecule has 3 N–H and O–H groups in total. The normalized spacial score (nSPS) is 12.9. The molecule has 1 atom stereocenters. The van der Waals surface area contributed by atoms with Gasteiger partial charge in [0.2, 0.25) is 0 Å². The fourth-order valence-electron chi connectivity index (χ4n) is 1.30. The van der Waals surface area contributed by atoms with E-state index in [1.807, 2.05) is 18.2 Å². The highest BCUT2D eigenvalue weighted by molar-refractivity contribution is 9.10. The van der Waals surface area contributed by atoms with Gasteiger partial charge < -0.3 is 11.1 Å². The van der Waals surface area contributed by atoms with Crippen molar-refractivity contribution in [3.05, 3.63) is 27.7 Å². The molecule has 0 bridgehead atoms. The number of halogens is 2. The predicted molar refractivity (Wildman–Crippen MR) is 70.5 cm³/mol. The van der Waals surface area contributed by atoms with Gasteiger partial charge in [0.1, 0.15) is 0 Å². The van der Waals surface area contributed by atoms with Crippen molar-refractivity contribution in [1.82, 2.24) is 0 Å². The van der Waals surface area contributed by atoms with Gasteiger partial charge in [0.25, 0.3) is 0 Å². The first kappa shape index (κ1) is 12.8. The highest BCUT2D eigenvalue weighted by Crippen LogP contribution is 2.26. The Hall–Kier alpha value is -0.250. The molecule has 0 aliphatic carbocycles. The Balaban J connectivity index is 2.75. The van der Waals surface area contributed by atoms with Crippen LogP contribution in [0.3, 0.4) is 0 Å². The van der Waals surface area contributed by atoms with E-state index in [2.05, 4.69) is 35.1 Å². The largest absolute Gasteiger partial charge is 0.381 e. The molecule has 0 fully saturated rings. The van der Waals surface area contributed by atoms with Crippen molar-refractivity contribution in [2.75, 3.05) is 11.9 Å². The Morgan fingerprint density at radius 3 is 2.60 bits per heavy atom. The Morgan fingerprint density at radius 2 is 2.13 bits per heavy atom. The van der Waals surface area contributed by atoms with Gasteiger partial charge in [-0.3, -0.25) is 0 Å². The minimum absolute atomic E-state index is 0.280. The zero-order chi connectivity index (χ0) is 11.4. The predicted octanol–water partition coefficient (Wildman–Crippen LogP) is 3.50. The van der Waals surface area contributed by atoms with Gasteiger partial charge in [-0.05, 0) is 40.0 Å². The quantitative estimate of drug-likeness (QED) is 0.891. The van der Waals surface area contributed by atoms with Crippen LogP contribution in [0.5, 0.6) is 0 Å². The van der Waals surface area contributed by atoms with Crippen molar-refractivity contribution in [1.29, 1.82) is 0 Å². The number of benzene rings is 1. The molecule has 4 heteroatoms. The summed E-state index contributed by atoms with van der Waals surface area (Å²) in [6.45, 7) is 4.90. The zero-order valence-electron chi connectivity index (χ0n) is 8.93. The van der Waals surface area contributed by atoms with Crippen LogP contribution in [-0.4, -0.2) is 12.6 Å². The summed E-state index contributed by atoms with van der Waals surface area (Å²) in [4.78, 5) is 0. The lowest BCUT2D eigenvalue weighted by molar-refractivity contribution is 0.531. The molecule has 0 saturated heterocycles. The van der Waals surface area contributed by atoms with Crippen LogP contribution in [0, 0.1) is 5.92 Å². The molecule has 0 aliphatic rings. The van der Waals surface area contributed by atoms with Crippen LogP contribution in [0.2, 0.25) is 5.02 Å². The van der Waals surface area contributed by atoms with Crippen LogP contribution in [-0.2, 0) is 0 Å². The van der Waals surface area contributed by atoms with Gasteiger partial charge in [-0.25, -0.2) is 0 Å². The van der Waals surface area contributed by atoms with Gasteiger partial charge in [-0.1, -0.05) is 25.4 Å². The number of rotatable bonds is 4. The highest BCUT2D eigenvalue weighted by Gasteiger charge is 2.11. The van der Waals surface area contributed by atoms with E-state index >= 15 is 0 Å². The lowest BCUT2D eigenvalue weighted by atomic mass is 10.0. The van der Waals surface area contributed by atoms with E-state index in [0.29, 0.717) is 17.5 Å². The molecule has 1 aromatic rings. The molecular weight excluding hydrogens is 275 g/mol. The topological polar surface area (TPSA) is 38.0 Å². The fourth-order valence-corrected chi connectivity index (χ4v) is 1.72. The SMILES string of the molecule is CC(C)C(CN)Nc1ccc(Br)c(Cl)c1. The molecule has 2 nitrogen and oxygen atoms in total. The second kappa shape index (κ2) is 5.73. The van der Waals surface area contributed by atoms with Crippen LogP contribution < -0.4 is 11.1 Å². The van der Waals surface area contributed by atoms with Gasteiger partial charge in [0.05, 0.1) is 5.02 Å². The molecule has 0 heterocycles. The minimum atomic E-state index is 0.280. The first-order chi connectivity index (χ1) is 7.04. The maximum atomic E-state index is 6.00. The summed E-state index contributed by atoms with van der Waals surface area (Å²) < 4.78 is 0.906. The summed E-state index contributed by atoms with van der Waals surface area (Å²) in [6, 6.07) is 6.10. The third-order valence-corrected chi connectivity index (χ3v) is 3.56. The summed E-state index contributed by atoms with van der Waals surface area (Å²) in [5.74, 6) is 0.498. The van der Waals surface area contributed by atoms with Crippen LogP contribution in [0.1, 0.15) is 13.8 Å². The van der Waals surface area contributed by atoms with Gasteiger partial charge in [-0.2, -0.15) is 0 Å². The molecule has 0 aromatic heterocycles. The van der Waals surface area contributed by atoms with E-state index in [9.17, 15) is 0 Å². The third-order valence-electron chi connectivity index (χ3n) is 2.33. The molecule has 0 radical (unpaired) electrons. The van der Waals surface area contributed by atoms with Crippen LogP contribution in [0.15, 0.2) is 22.7 Å². The molecule has 84 valence electrons. The molecule has 0 spiro atoms. The van der Waals surface area contributed by atoms with Crippen LogP contribution >= 0.6 is 27.5 Å². The van der Waals surface area contributed by atoms with E-state index in [1.165, 1.54) is 0 Å². The Kier molecular flexibility index (Phi) is 4.90. The van der Waals surface area contributed by atoms with Gasteiger partial charge in [0, 0.05) is 22.7 Å². The lowest BCUT2D eigenvalue weighted by Crippen LogP contribution is -2.33. The Morgan fingerprint density at radius 1 is 1.47 bits per heavy atom. The number of nitrogens with one attached hydrogen (secondary N) is 1. The molecule has 1 unspecified atom stereocenters. The first-order valence-corrected chi connectivity index (χ1v) is 6.13. The number of anilines is 1. The van der Waals surface area contributed by atoms with E-state index < -0.39 is 0 Å². The van der Waals surface area contributed by atoms with Crippen molar-refractivity contribution < 1.29 is 0 Å². The summed E-state index contributed by atoms with van der Waals surface area (Å²) in [6.07, 6.45) is 0. The second-order valence-corrected chi connectivity index (χ2v) is 5.12. The Labute approximate surface area is 104 Å². The summed E-state index contributed by atoms with van der Waals surface area (Å²) >= 11 is 9.36. The summed E-state index contributed by atoms with van der Waals surface area (Å²) in [7, 11) is 0. The molecule has 15 heavy (non-hydrogen) atoms. The maximum absolute atomic E-state index is 6.00. The smallest absolute Gasteiger partial charge is 0.0568 e. The van der Waals surface area contributed by atoms with Crippen molar-refractivity contribution in [3.8, 4) is 0 Å². The molecule has 0 amide bonds. The Bertz CT molecular complexity index is 328. The number of hydrogen-bond acceptors (Lipinski definition) is 2. The highest BCUT2D eigenvalue weighted by atomic mass is 79.9.